The summed E-state index contributed by atoms with van der Waals surface area (Å²) in [5, 5.41) is 29.6. The number of hydrogen-bond acceptors (Lipinski definition) is 10. The minimum absolute atomic E-state index is 0.0771. The molecule has 11 heteroatoms. The van der Waals surface area contributed by atoms with E-state index in [2.05, 4.69) is 15.0 Å². The molecule has 1 saturated heterocycles. The number of fused-ring (bicyclic) bond motifs is 1. The van der Waals surface area contributed by atoms with Gasteiger partial charge >= 0.3 is 6.01 Å². The van der Waals surface area contributed by atoms with Crippen LogP contribution in [0.2, 0.25) is 0 Å². The van der Waals surface area contributed by atoms with E-state index in [0.29, 0.717) is 17.8 Å². The van der Waals surface area contributed by atoms with Gasteiger partial charge in [0.1, 0.15) is 24.1 Å². The van der Waals surface area contributed by atoms with Crippen molar-refractivity contribution < 1.29 is 29.5 Å². The number of aliphatic hydroxyl groups is 3. The lowest BCUT2D eigenvalue weighted by atomic mass is 10.1. The van der Waals surface area contributed by atoms with Crippen molar-refractivity contribution >= 4 is 17.0 Å². The average molecular weight is 431 g/mol. The quantitative estimate of drug-likeness (QED) is 0.359. The minimum Gasteiger partial charge on any atom is -0.497 e. The zero-order chi connectivity index (χ0) is 22.0. The number of benzene rings is 1. The number of nitrogen functional groups attached to an aromatic ring is 1. The first-order valence-corrected chi connectivity index (χ1v) is 9.90. The maximum absolute atomic E-state index is 10.3. The molecule has 31 heavy (non-hydrogen) atoms. The highest BCUT2D eigenvalue weighted by atomic mass is 16.6. The van der Waals surface area contributed by atoms with E-state index in [0.717, 1.165) is 24.2 Å². The summed E-state index contributed by atoms with van der Waals surface area (Å²) < 4.78 is 17.8. The topological polar surface area (TPSA) is 158 Å². The van der Waals surface area contributed by atoms with E-state index in [1.165, 1.54) is 10.9 Å². The molecular formula is C20H25N5O6. The molecule has 0 bridgehead atoms. The Kier molecular flexibility index (Phi) is 6.18. The summed E-state index contributed by atoms with van der Waals surface area (Å²) in [4.78, 5) is 12.7. The molecule has 3 aromatic rings. The SMILES string of the molecule is COc1ccc(CCCOc2nc(N)c3ncn([C@@H]4O[C@H](CO)[C@@H](O)[C@H]4O)c3n2)cc1. The molecule has 5 N–H and O–H groups in total. The normalized spacial score (nSPS) is 23.4. The van der Waals surface area contributed by atoms with Crippen LogP contribution in [-0.4, -0.2) is 73.5 Å². The fraction of sp³-hybridized carbons (Fsp3) is 0.450. The molecule has 0 radical (unpaired) electrons. The van der Waals surface area contributed by atoms with Crippen LogP contribution in [0.15, 0.2) is 30.6 Å². The number of methoxy groups -OCH3 is 1. The van der Waals surface area contributed by atoms with Crippen molar-refractivity contribution in [1.29, 1.82) is 0 Å². The first kappa shape index (κ1) is 21.2. The first-order chi connectivity index (χ1) is 15.0. The highest BCUT2D eigenvalue weighted by molar-refractivity contribution is 5.82. The molecule has 0 unspecified atom stereocenters. The maximum Gasteiger partial charge on any atom is 0.320 e. The van der Waals surface area contributed by atoms with Crippen molar-refractivity contribution in [2.45, 2.75) is 37.4 Å². The molecule has 0 saturated carbocycles. The molecule has 0 aliphatic carbocycles. The zero-order valence-electron chi connectivity index (χ0n) is 17.0. The van der Waals surface area contributed by atoms with Crippen molar-refractivity contribution in [3.63, 3.8) is 0 Å². The van der Waals surface area contributed by atoms with Crippen LogP contribution in [0.1, 0.15) is 18.2 Å². The first-order valence-electron chi connectivity index (χ1n) is 9.90. The standard InChI is InChI=1S/C20H25N5O6/c1-29-12-6-4-11(5-7-12)3-2-8-30-20-23-17(21)14-18(24-20)25(10-22-14)19-16(28)15(27)13(9-26)31-19/h4-7,10,13,15-16,19,26-28H,2-3,8-9H2,1H3,(H2,21,23,24)/t13-,15-,16-,19-/m1/s1. The minimum atomic E-state index is -1.26. The number of anilines is 1. The smallest absolute Gasteiger partial charge is 0.320 e. The Balaban J connectivity index is 1.45. The van der Waals surface area contributed by atoms with E-state index >= 15 is 0 Å². The molecule has 166 valence electrons. The Morgan fingerprint density at radius 2 is 1.94 bits per heavy atom. The lowest BCUT2D eigenvalue weighted by Crippen LogP contribution is -2.33. The number of ether oxygens (including phenoxy) is 3. The molecule has 1 aromatic carbocycles. The van der Waals surface area contributed by atoms with E-state index in [1.807, 2.05) is 24.3 Å². The van der Waals surface area contributed by atoms with E-state index in [9.17, 15) is 15.3 Å². The molecule has 4 atom stereocenters. The summed E-state index contributed by atoms with van der Waals surface area (Å²) in [5.74, 6) is 0.934. The summed E-state index contributed by atoms with van der Waals surface area (Å²) >= 11 is 0. The van der Waals surface area contributed by atoms with Crippen molar-refractivity contribution in [3.8, 4) is 11.8 Å². The number of aryl methyl sites for hydroxylation is 1. The summed E-state index contributed by atoms with van der Waals surface area (Å²) in [6.07, 6.45) is -1.45. The molecule has 11 nitrogen and oxygen atoms in total. The van der Waals surface area contributed by atoms with E-state index in [1.54, 1.807) is 7.11 Å². The van der Waals surface area contributed by atoms with Gasteiger partial charge in [-0.15, -0.1) is 0 Å². The second-order valence-electron chi connectivity index (χ2n) is 7.24. The second-order valence-corrected chi connectivity index (χ2v) is 7.24. The largest absolute Gasteiger partial charge is 0.497 e. The summed E-state index contributed by atoms with van der Waals surface area (Å²) in [6.45, 7) is -0.0556. The summed E-state index contributed by atoms with van der Waals surface area (Å²) in [5.41, 5.74) is 7.77. The van der Waals surface area contributed by atoms with Crippen molar-refractivity contribution in [2.24, 2.45) is 0 Å². The number of imidazole rings is 1. The fourth-order valence-electron chi connectivity index (χ4n) is 3.51. The molecule has 1 fully saturated rings. The van der Waals surface area contributed by atoms with Crippen LogP contribution in [0.25, 0.3) is 11.2 Å². The van der Waals surface area contributed by atoms with Gasteiger partial charge in [0, 0.05) is 0 Å². The Bertz CT molecular complexity index is 1030. The fourth-order valence-corrected chi connectivity index (χ4v) is 3.51. The second kappa shape index (κ2) is 9.02. The van der Waals surface area contributed by atoms with Gasteiger partial charge in [0.2, 0.25) is 0 Å². The Morgan fingerprint density at radius 3 is 2.61 bits per heavy atom. The molecule has 2 aromatic heterocycles. The third-order valence-electron chi connectivity index (χ3n) is 5.22. The molecule has 0 spiro atoms. The lowest BCUT2D eigenvalue weighted by Gasteiger charge is -2.16. The van der Waals surface area contributed by atoms with Gasteiger partial charge in [-0.1, -0.05) is 12.1 Å². The molecule has 4 rings (SSSR count). The van der Waals surface area contributed by atoms with Crippen LogP contribution in [0.4, 0.5) is 5.82 Å². The van der Waals surface area contributed by atoms with Gasteiger partial charge in [0.05, 0.1) is 26.7 Å². The molecule has 1 aliphatic heterocycles. The van der Waals surface area contributed by atoms with Crippen LogP contribution in [0.5, 0.6) is 11.8 Å². The Labute approximate surface area is 178 Å². The number of aromatic nitrogens is 4. The predicted octanol–water partition coefficient (Wildman–Crippen LogP) is 0.0402. The van der Waals surface area contributed by atoms with Crippen LogP contribution < -0.4 is 15.2 Å². The van der Waals surface area contributed by atoms with E-state index in [-0.39, 0.29) is 11.8 Å². The van der Waals surface area contributed by atoms with Crippen LogP contribution in [-0.2, 0) is 11.2 Å². The zero-order valence-corrected chi connectivity index (χ0v) is 17.0. The number of nitrogens with two attached hydrogens (primary N) is 1. The lowest BCUT2D eigenvalue weighted by molar-refractivity contribution is -0.0511. The van der Waals surface area contributed by atoms with Gasteiger partial charge in [-0.2, -0.15) is 9.97 Å². The van der Waals surface area contributed by atoms with Gasteiger partial charge in [-0.3, -0.25) is 4.57 Å². The molecule has 1 aliphatic rings. The molecule has 3 heterocycles. The third kappa shape index (κ3) is 4.26. The average Bonchev–Trinajstić information content (AvgIpc) is 3.33. The summed E-state index contributed by atoms with van der Waals surface area (Å²) in [7, 11) is 1.63. The number of nitrogens with zero attached hydrogens (tertiary/aromatic N) is 4. The third-order valence-corrected chi connectivity index (χ3v) is 5.22. The predicted molar refractivity (Wildman–Crippen MR) is 110 cm³/mol. The maximum atomic E-state index is 10.3. The van der Waals surface area contributed by atoms with Gasteiger partial charge in [0.25, 0.3) is 0 Å². The van der Waals surface area contributed by atoms with Crippen LogP contribution >= 0.6 is 0 Å². The highest BCUT2D eigenvalue weighted by Crippen LogP contribution is 2.32. The highest BCUT2D eigenvalue weighted by Gasteiger charge is 2.44. The van der Waals surface area contributed by atoms with Crippen molar-refractivity contribution in [1.82, 2.24) is 19.5 Å². The van der Waals surface area contributed by atoms with Crippen molar-refractivity contribution in [2.75, 3.05) is 26.1 Å². The van der Waals surface area contributed by atoms with Crippen LogP contribution in [0, 0.1) is 0 Å². The van der Waals surface area contributed by atoms with Crippen LogP contribution in [0.3, 0.4) is 0 Å². The number of aliphatic hydroxyl groups excluding tert-OH is 3. The monoisotopic (exact) mass is 431 g/mol. The number of rotatable bonds is 8. The van der Waals surface area contributed by atoms with Gasteiger partial charge in [-0.05, 0) is 30.5 Å². The van der Waals surface area contributed by atoms with Crippen molar-refractivity contribution in [3.05, 3.63) is 36.2 Å². The van der Waals surface area contributed by atoms with Gasteiger partial charge in [0.15, 0.2) is 23.2 Å². The number of hydrogen-bond donors (Lipinski definition) is 4. The Morgan fingerprint density at radius 1 is 1.16 bits per heavy atom. The van der Waals surface area contributed by atoms with Gasteiger partial charge < -0.3 is 35.3 Å². The van der Waals surface area contributed by atoms with E-state index in [4.69, 9.17) is 19.9 Å². The Hall–Kier alpha value is -2.99. The van der Waals surface area contributed by atoms with Gasteiger partial charge in [-0.25, -0.2) is 4.98 Å². The molecule has 0 amide bonds. The van der Waals surface area contributed by atoms with E-state index < -0.39 is 31.1 Å². The summed E-state index contributed by atoms with van der Waals surface area (Å²) in [6, 6.07) is 7.89. The molecular weight excluding hydrogens is 406 g/mol.